The molecule has 5 aliphatic carbocycles. The maximum absolute atomic E-state index is 13.2. The van der Waals surface area contributed by atoms with E-state index in [4.69, 9.17) is 14.9 Å². The smallest absolute Gasteiger partial charge is 0.409 e. The molecule has 2 amide bonds. The largest absolute Gasteiger partial charge is 0.476 e. The molecule has 9 rings (SSSR count). The summed E-state index contributed by atoms with van der Waals surface area (Å²) in [5, 5.41) is 31.8. The number of hydrogen-bond donors (Lipinski definition) is 7. The van der Waals surface area contributed by atoms with E-state index in [1.54, 1.807) is 30.1 Å². The third kappa shape index (κ3) is 12.7. The first-order chi connectivity index (χ1) is 35.4. The summed E-state index contributed by atoms with van der Waals surface area (Å²) in [4.78, 5) is 61.1. The summed E-state index contributed by atoms with van der Waals surface area (Å²) in [5.74, 6) is -0.681. The molecule has 3 heterocycles. The number of aromatic carboxylic acids is 1. The Kier molecular flexibility index (Phi) is 17.3. The van der Waals surface area contributed by atoms with Gasteiger partial charge in [0.15, 0.2) is 16.8 Å². The van der Waals surface area contributed by atoms with E-state index >= 15 is 0 Å². The van der Waals surface area contributed by atoms with E-state index in [9.17, 15) is 33.0 Å². The van der Waals surface area contributed by atoms with Crippen molar-refractivity contribution < 1.29 is 42.5 Å². The lowest BCUT2D eigenvalue weighted by Gasteiger charge is -2.69. The second kappa shape index (κ2) is 23.3. The van der Waals surface area contributed by atoms with Gasteiger partial charge in [-0.05, 0) is 137 Å². The van der Waals surface area contributed by atoms with Crippen LogP contribution < -0.4 is 26.2 Å². The average Bonchev–Trinajstić information content (AvgIpc) is 3.34. The highest BCUT2D eigenvalue weighted by atomic mass is 32.2. The standard InChI is InChI=1S/C55H77N9O9S/c1-37(44(24-56)43-15-16-47(61-48(43)50(67)68)63-19-17-39-8-6-9-40(28-65)45(39)27-63)59-36-54-31-52(2)30-53(3,32-54)34-55(33-52,35-54)73-22-20-62(21-23-74(70)71)42-25-64(26-42)51(69)72-29-38-11-13-41(14-12-38)60-49(66)46(58-5)10-7-18-57-4/h6,8-9,11,13-16,24,28,38,42,46,56-59H,7,10,12,17-23,25-27,29-36H2,1-5H3,(H,60,66)(H,67,68)(H,70,71)/b44-37+,56-24?. The number of pyridine rings is 1. The molecule has 1 aromatic heterocycles. The van der Waals surface area contributed by atoms with Gasteiger partial charge in [-0.25, -0.2) is 18.8 Å². The summed E-state index contributed by atoms with van der Waals surface area (Å²) in [6.45, 7) is 11.7. The molecular formula is C55H77N9O9S. The van der Waals surface area contributed by atoms with Crippen LogP contribution in [0.2, 0.25) is 0 Å². The molecule has 7 N–H and O–H groups in total. The first-order valence-corrected chi connectivity index (χ1v) is 27.6. The fourth-order valence-electron chi connectivity index (χ4n) is 14.0. The van der Waals surface area contributed by atoms with Gasteiger partial charge in [0.1, 0.15) is 12.1 Å². The predicted octanol–water partition coefficient (Wildman–Crippen LogP) is 5.77. The fourth-order valence-corrected chi connectivity index (χ4v) is 14.4. The number of likely N-dealkylation sites (N-methyl/N-ethyl adjacent to an activating group) is 1. The number of carbonyl (C=O) groups is 4. The van der Waals surface area contributed by atoms with Crippen LogP contribution in [-0.2, 0) is 38.3 Å². The summed E-state index contributed by atoms with van der Waals surface area (Å²) >= 11 is -1.98. The third-order valence-electron chi connectivity index (χ3n) is 16.5. The van der Waals surface area contributed by atoms with Crippen LogP contribution in [0.25, 0.3) is 5.57 Å². The zero-order valence-electron chi connectivity index (χ0n) is 43.8. The van der Waals surface area contributed by atoms with E-state index in [1.165, 1.54) is 6.21 Å². The van der Waals surface area contributed by atoms with Crippen LogP contribution in [-0.4, -0.2) is 156 Å². The molecule has 5 atom stereocenters. The number of likely N-dealkylation sites (tertiary alicyclic amines) is 1. The van der Waals surface area contributed by atoms with Gasteiger partial charge in [-0.1, -0.05) is 44.2 Å². The Morgan fingerprint density at radius 3 is 2.49 bits per heavy atom. The van der Waals surface area contributed by atoms with Crippen molar-refractivity contribution in [2.45, 2.75) is 109 Å². The van der Waals surface area contributed by atoms with Gasteiger partial charge in [0.2, 0.25) is 5.91 Å². The minimum atomic E-state index is -1.98. The van der Waals surface area contributed by atoms with E-state index in [1.807, 2.05) is 49.2 Å². The maximum Gasteiger partial charge on any atom is 0.409 e. The Bertz CT molecular complexity index is 2540. The first-order valence-electron chi connectivity index (χ1n) is 26.3. The summed E-state index contributed by atoms with van der Waals surface area (Å²) in [5.41, 5.74) is 4.40. The van der Waals surface area contributed by atoms with Crippen molar-refractivity contribution in [1.29, 1.82) is 5.41 Å². The van der Waals surface area contributed by atoms with Crippen LogP contribution in [0.4, 0.5) is 10.6 Å². The number of fused-ring (bicyclic) bond motifs is 1. The summed E-state index contributed by atoms with van der Waals surface area (Å²) in [7, 11) is 3.68. The predicted molar refractivity (Wildman–Crippen MR) is 286 cm³/mol. The quantitative estimate of drug-likeness (QED) is 0.0271. The monoisotopic (exact) mass is 1040 g/mol. The molecule has 0 radical (unpaired) electrons. The highest BCUT2D eigenvalue weighted by molar-refractivity contribution is 7.79. The number of nitrogens with one attached hydrogen (secondary N) is 5. The Morgan fingerprint density at radius 1 is 1.05 bits per heavy atom. The number of amides is 2. The Morgan fingerprint density at radius 2 is 1.82 bits per heavy atom. The number of anilines is 1. The van der Waals surface area contributed by atoms with Crippen LogP contribution in [0.1, 0.15) is 116 Å². The van der Waals surface area contributed by atoms with Gasteiger partial charge in [-0.15, -0.1) is 0 Å². The molecular weight excluding hydrogens is 963 g/mol. The van der Waals surface area contributed by atoms with E-state index < -0.39 is 23.1 Å². The number of carbonyl (C=O) groups excluding carboxylic acids is 3. The molecule has 402 valence electrons. The number of carboxylic acids is 1. The van der Waals surface area contributed by atoms with Crippen LogP contribution >= 0.6 is 0 Å². The van der Waals surface area contributed by atoms with E-state index in [0.717, 1.165) is 81.0 Å². The SMILES string of the molecule is CNCCCC(NC)C(=O)NC1=CCC(COC(=O)N2CC(N(CCOC34CC5(C)CC(C)(CC(CN/C(C)=C(\C=N)c6ccc(N7CCc8cccc(C=O)c8C7)nc6C(=O)O)(C5)C3)C4)CCS(=O)O)C2)C=C1. The molecule has 1 saturated heterocycles. The zero-order chi connectivity index (χ0) is 52.8. The van der Waals surface area contributed by atoms with Crippen molar-refractivity contribution in [1.82, 2.24) is 36.1 Å². The minimum Gasteiger partial charge on any atom is -0.476 e. The van der Waals surface area contributed by atoms with Crippen LogP contribution in [0.15, 0.2) is 60.0 Å². The molecule has 7 aliphatic rings. The summed E-state index contributed by atoms with van der Waals surface area (Å²) in [6, 6.07) is 8.95. The van der Waals surface area contributed by atoms with Gasteiger partial charge in [-0.3, -0.25) is 14.5 Å². The van der Waals surface area contributed by atoms with Crippen LogP contribution in [0.3, 0.4) is 0 Å². The number of nitrogens with zero attached hydrogens (tertiary/aromatic N) is 4. The lowest BCUT2D eigenvalue weighted by Crippen LogP contribution is -2.66. The number of aromatic nitrogens is 1. The molecule has 19 heteroatoms. The Labute approximate surface area is 438 Å². The Hall–Kier alpha value is -5.31. The van der Waals surface area contributed by atoms with Crippen molar-refractivity contribution in [3.05, 3.63) is 87.9 Å². The van der Waals surface area contributed by atoms with Crippen molar-refractivity contribution >= 4 is 52.9 Å². The summed E-state index contributed by atoms with van der Waals surface area (Å²) in [6.07, 6.45) is 16.3. The maximum atomic E-state index is 13.2. The molecule has 18 nitrogen and oxygen atoms in total. The lowest BCUT2D eigenvalue weighted by atomic mass is 9.39. The van der Waals surface area contributed by atoms with Crippen molar-refractivity contribution in [2.75, 3.05) is 83.8 Å². The van der Waals surface area contributed by atoms with Gasteiger partial charge in [0.25, 0.3) is 0 Å². The fraction of sp³-hybridized carbons (Fsp3) is 0.600. The minimum absolute atomic E-state index is 0.00951. The van der Waals surface area contributed by atoms with Crippen LogP contribution in [0, 0.1) is 27.6 Å². The Balaban J connectivity index is 0.858. The molecule has 74 heavy (non-hydrogen) atoms. The molecule has 2 aliphatic heterocycles. The lowest BCUT2D eigenvalue weighted by molar-refractivity contribution is -0.244. The number of aldehydes is 1. The number of ether oxygens (including phenoxy) is 2. The molecule has 2 aromatic rings. The number of benzene rings is 1. The molecule has 4 bridgehead atoms. The number of hydrogen-bond acceptors (Lipinski definition) is 14. The van der Waals surface area contributed by atoms with Gasteiger partial charge in [0.05, 0.1) is 30.6 Å². The second-order valence-electron chi connectivity index (χ2n) is 22.7. The normalized spacial score (nSPS) is 27.1. The molecule has 5 fully saturated rings. The topological polar surface area (TPSA) is 239 Å². The van der Waals surface area contributed by atoms with E-state index in [2.05, 4.69) is 45.0 Å². The second-order valence-corrected chi connectivity index (χ2v) is 23.7. The van der Waals surface area contributed by atoms with Gasteiger partial charge in [0, 0.05) is 92.1 Å². The summed E-state index contributed by atoms with van der Waals surface area (Å²) < 4.78 is 34.5. The molecule has 1 aromatic carbocycles. The molecule has 5 unspecified atom stereocenters. The van der Waals surface area contributed by atoms with Crippen molar-refractivity contribution in [2.24, 2.45) is 22.2 Å². The first kappa shape index (κ1) is 54.9. The van der Waals surface area contributed by atoms with Gasteiger partial charge >= 0.3 is 12.1 Å². The highest BCUT2D eigenvalue weighted by Gasteiger charge is 2.66. The van der Waals surface area contributed by atoms with E-state index in [-0.39, 0.29) is 63.8 Å². The number of allylic oxidation sites excluding steroid dienone is 4. The van der Waals surface area contributed by atoms with Crippen LogP contribution in [0.5, 0.6) is 0 Å². The number of carboxylic acid groups (broad SMARTS) is 1. The van der Waals surface area contributed by atoms with Gasteiger partial charge < -0.3 is 55.6 Å². The van der Waals surface area contributed by atoms with Crippen molar-refractivity contribution in [3.8, 4) is 0 Å². The molecule has 0 spiro atoms. The number of rotatable bonds is 25. The third-order valence-corrected chi connectivity index (χ3v) is 17.0. The zero-order valence-corrected chi connectivity index (χ0v) is 44.6. The average molecular weight is 1040 g/mol. The highest BCUT2D eigenvalue weighted by Crippen LogP contribution is 2.71. The molecule has 4 saturated carbocycles. The van der Waals surface area contributed by atoms with E-state index in [0.29, 0.717) is 93.5 Å². The van der Waals surface area contributed by atoms with Crippen molar-refractivity contribution in [3.63, 3.8) is 0 Å². The van der Waals surface area contributed by atoms with Gasteiger partial charge in [-0.2, -0.15) is 0 Å².